The Hall–Kier alpha value is -0.640. The van der Waals surface area contributed by atoms with Crippen molar-refractivity contribution in [3.63, 3.8) is 0 Å². The lowest BCUT2D eigenvalue weighted by Gasteiger charge is -2.16. The Morgan fingerprint density at radius 2 is 1.82 bits per heavy atom. The van der Waals surface area contributed by atoms with Crippen molar-refractivity contribution in [2.75, 3.05) is 0 Å². The average Bonchev–Trinajstić information content (AvgIpc) is 1.85. The molecule has 1 heteroatoms. The molecule has 0 saturated heterocycles. The molecule has 0 aliphatic carbocycles. The molecule has 0 bridgehead atoms. The maximum Gasteiger partial charge on any atom is 0.107 e. The van der Waals surface area contributed by atoms with Crippen LogP contribution in [-0.4, -0.2) is 5.11 Å². The molecule has 0 aliphatic rings. The Morgan fingerprint density at radius 3 is 2.27 bits per heavy atom. The fourth-order valence-corrected chi connectivity index (χ4v) is 0.925. The van der Waals surface area contributed by atoms with Gasteiger partial charge in [-0.3, -0.25) is 0 Å². The zero-order valence-corrected chi connectivity index (χ0v) is 7.78. The highest BCUT2D eigenvalue weighted by atomic mass is 16.2. The lowest BCUT2D eigenvalue weighted by Crippen LogP contribution is -2.03. The van der Waals surface area contributed by atoms with Crippen LogP contribution < -0.4 is 0 Å². The summed E-state index contributed by atoms with van der Waals surface area (Å²) in [5.41, 5.74) is 0.437. The Labute approximate surface area is 69.8 Å². The van der Waals surface area contributed by atoms with Crippen LogP contribution in [-0.2, 0) is 0 Å². The molecule has 0 fully saturated rings. The first-order valence-corrected chi connectivity index (χ1v) is 4.18. The smallest absolute Gasteiger partial charge is 0.107 e. The summed E-state index contributed by atoms with van der Waals surface area (Å²) in [6.07, 6.45) is 6.29. The number of hydrogen-bond acceptors (Lipinski definition) is 1. The topological polar surface area (TPSA) is 20.2 Å². The van der Waals surface area contributed by atoms with E-state index in [1.165, 1.54) is 12.8 Å². The van der Waals surface area contributed by atoms with Crippen molar-refractivity contribution >= 4 is 0 Å². The third kappa shape index (κ3) is 9.36. The minimum Gasteiger partial charge on any atom is -0.462 e. The molecule has 0 amide bonds. The lowest BCUT2D eigenvalue weighted by atomic mass is 9.89. The molecular formula is C10H18O. The van der Waals surface area contributed by atoms with Crippen molar-refractivity contribution in [3.05, 3.63) is 0 Å². The van der Waals surface area contributed by atoms with Gasteiger partial charge in [-0.05, 0) is 18.3 Å². The standard InChI is InChI=1S/C10H18O/c1-10(2,3)8-6-4-5-7-9-11/h11H,4-6,8H2,1-3H3. The van der Waals surface area contributed by atoms with Crippen molar-refractivity contribution in [2.24, 2.45) is 5.41 Å². The molecule has 0 radical (unpaired) electrons. The molecule has 0 aromatic carbocycles. The summed E-state index contributed by atoms with van der Waals surface area (Å²) in [6, 6.07) is 0. The molecule has 0 aliphatic heterocycles. The van der Waals surface area contributed by atoms with Gasteiger partial charge in [0.15, 0.2) is 0 Å². The molecule has 0 heterocycles. The fourth-order valence-electron chi connectivity index (χ4n) is 0.925. The molecule has 0 aromatic heterocycles. The number of hydrogen-bond donors (Lipinski definition) is 1. The molecule has 11 heavy (non-hydrogen) atoms. The van der Waals surface area contributed by atoms with Crippen LogP contribution in [0, 0.1) is 17.4 Å². The molecule has 0 atom stereocenters. The molecule has 0 unspecified atom stereocenters. The highest BCUT2D eigenvalue weighted by Crippen LogP contribution is 2.21. The number of unbranched alkanes of at least 4 members (excludes halogenated alkanes) is 2. The van der Waals surface area contributed by atoms with Crippen LogP contribution in [0.2, 0.25) is 0 Å². The summed E-state index contributed by atoms with van der Waals surface area (Å²) in [7, 11) is 0. The van der Waals surface area contributed by atoms with Gasteiger partial charge >= 0.3 is 0 Å². The number of aliphatic hydroxyl groups is 1. The maximum atomic E-state index is 8.16. The minimum absolute atomic E-state index is 0.437. The highest BCUT2D eigenvalue weighted by Gasteiger charge is 2.08. The van der Waals surface area contributed by atoms with E-state index in [-0.39, 0.29) is 0 Å². The molecule has 0 rings (SSSR count). The zero-order chi connectivity index (χ0) is 8.74. The van der Waals surface area contributed by atoms with Crippen molar-refractivity contribution in [2.45, 2.75) is 46.5 Å². The summed E-state index contributed by atoms with van der Waals surface area (Å²) < 4.78 is 0. The van der Waals surface area contributed by atoms with Crippen molar-refractivity contribution < 1.29 is 5.11 Å². The van der Waals surface area contributed by atoms with Crippen LogP contribution >= 0.6 is 0 Å². The van der Waals surface area contributed by atoms with Crippen LogP contribution in [0.5, 0.6) is 0 Å². The van der Waals surface area contributed by atoms with Gasteiger partial charge in [-0.1, -0.05) is 33.1 Å². The third-order valence-electron chi connectivity index (χ3n) is 1.56. The first kappa shape index (κ1) is 10.4. The van der Waals surface area contributed by atoms with Gasteiger partial charge < -0.3 is 5.11 Å². The highest BCUT2D eigenvalue weighted by molar-refractivity contribution is 4.88. The quantitative estimate of drug-likeness (QED) is 0.489. The Balaban J connectivity index is 3.19. The van der Waals surface area contributed by atoms with Gasteiger partial charge in [-0.15, -0.1) is 0 Å². The van der Waals surface area contributed by atoms with Crippen LogP contribution in [0.25, 0.3) is 0 Å². The molecule has 0 aromatic rings. The van der Waals surface area contributed by atoms with E-state index in [0.29, 0.717) is 5.41 Å². The SMILES string of the molecule is CC(C)(C)CCCCC#CO. The first-order valence-electron chi connectivity index (χ1n) is 4.18. The Morgan fingerprint density at radius 1 is 1.18 bits per heavy atom. The molecular weight excluding hydrogens is 136 g/mol. The predicted molar refractivity (Wildman–Crippen MR) is 47.6 cm³/mol. The van der Waals surface area contributed by atoms with E-state index < -0.39 is 0 Å². The van der Waals surface area contributed by atoms with E-state index in [0.717, 1.165) is 12.8 Å². The summed E-state index contributed by atoms with van der Waals surface area (Å²) in [4.78, 5) is 0. The zero-order valence-electron chi connectivity index (χ0n) is 7.78. The second kappa shape index (κ2) is 5.07. The number of aliphatic hydroxyl groups excluding tert-OH is 1. The summed E-state index contributed by atoms with van der Waals surface area (Å²) in [5, 5.41) is 8.16. The average molecular weight is 154 g/mol. The van der Waals surface area contributed by atoms with Crippen molar-refractivity contribution in [1.82, 2.24) is 0 Å². The van der Waals surface area contributed by atoms with Gasteiger partial charge in [0.25, 0.3) is 0 Å². The van der Waals surface area contributed by atoms with E-state index in [1.54, 1.807) is 0 Å². The van der Waals surface area contributed by atoms with E-state index in [2.05, 4.69) is 26.7 Å². The Bertz CT molecular complexity index is 142. The van der Waals surface area contributed by atoms with E-state index in [4.69, 9.17) is 5.11 Å². The van der Waals surface area contributed by atoms with Crippen LogP contribution in [0.3, 0.4) is 0 Å². The van der Waals surface area contributed by atoms with Crippen molar-refractivity contribution in [3.8, 4) is 12.0 Å². The fraction of sp³-hybridized carbons (Fsp3) is 0.800. The normalized spacial score (nSPS) is 10.5. The summed E-state index contributed by atoms with van der Waals surface area (Å²) in [5.74, 6) is 2.64. The molecule has 0 spiro atoms. The van der Waals surface area contributed by atoms with E-state index in [1.807, 2.05) is 6.11 Å². The first-order chi connectivity index (χ1) is 5.06. The van der Waals surface area contributed by atoms with Crippen LogP contribution in [0.15, 0.2) is 0 Å². The summed E-state index contributed by atoms with van der Waals surface area (Å²) in [6.45, 7) is 6.72. The number of rotatable bonds is 3. The summed E-state index contributed by atoms with van der Waals surface area (Å²) >= 11 is 0. The molecule has 1 N–H and O–H groups in total. The Kier molecular flexibility index (Phi) is 4.77. The van der Waals surface area contributed by atoms with Gasteiger partial charge in [0.2, 0.25) is 0 Å². The van der Waals surface area contributed by atoms with E-state index in [9.17, 15) is 0 Å². The molecule has 1 nitrogen and oxygen atoms in total. The monoisotopic (exact) mass is 154 g/mol. The predicted octanol–water partition coefficient (Wildman–Crippen LogP) is 2.93. The maximum absolute atomic E-state index is 8.16. The minimum atomic E-state index is 0.437. The van der Waals surface area contributed by atoms with Gasteiger partial charge in [0, 0.05) is 6.42 Å². The third-order valence-corrected chi connectivity index (χ3v) is 1.56. The van der Waals surface area contributed by atoms with Crippen molar-refractivity contribution in [1.29, 1.82) is 0 Å². The van der Waals surface area contributed by atoms with E-state index >= 15 is 0 Å². The van der Waals surface area contributed by atoms with Crippen LogP contribution in [0.1, 0.15) is 46.5 Å². The molecule has 0 saturated carbocycles. The second-order valence-corrected chi connectivity index (χ2v) is 4.06. The van der Waals surface area contributed by atoms with Gasteiger partial charge in [0.1, 0.15) is 6.11 Å². The lowest BCUT2D eigenvalue weighted by molar-refractivity contribution is 0.361. The molecule has 64 valence electrons. The van der Waals surface area contributed by atoms with Gasteiger partial charge in [-0.25, -0.2) is 0 Å². The van der Waals surface area contributed by atoms with Crippen LogP contribution in [0.4, 0.5) is 0 Å². The second-order valence-electron chi connectivity index (χ2n) is 4.06. The van der Waals surface area contributed by atoms with Gasteiger partial charge in [0.05, 0.1) is 0 Å². The largest absolute Gasteiger partial charge is 0.462 e. The van der Waals surface area contributed by atoms with Gasteiger partial charge in [-0.2, -0.15) is 0 Å².